The molecule has 5 rings (SSSR count). The number of aromatic hydroxyl groups is 2. The minimum Gasteiger partial charge on any atom is -0.508 e. The van der Waals surface area contributed by atoms with Crippen molar-refractivity contribution in [1.82, 2.24) is 5.01 Å². The van der Waals surface area contributed by atoms with E-state index >= 15 is 0 Å². The molecule has 3 heterocycles. The van der Waals surface area contributed by atoms with Crippen molar-refractivity contribution in [2.75, 3.05) is 0 Å². The van der Waals surface area contributed by atoms with Crippen molar-refractivity contribution in [2.24, 2.45) is 5.10 Å². The predicted octanol–water partition coefficient (Wildman–Crippen LogP) is 4.40. The van der Waals surface area contributed by atoms with Crippen molar-refractivity contribution < 1.29 is 14.9 Å². The lowest BCUT2D eigenvalue weighted by Crippen LogP contribution is -2.33. The first-order chi connectivity index (χ1) is 12.7. The van der Waals surface area contributed by atoms with Crippen LogP contribution < -0.4 is 4.74 Å². The van der Waals surface area contributed by atoms with E-state index in [1.165, 1.54) is 6.07 Å². The molecule has 2 atom stereocenters. The molecule has 130 valence electrons. The van der Waals surface area contributed by atoms with Crippen LogP contribution in [0.2, 0.25) is 0 Å². The fourth-order valence-electron chi connectivity index (χ4n) is 3.57. The molecule has 0 fully saturated rings. The van der Waals surface area contributed by atoms with E-state index in [0.29, 0.717) is 5.56 Å². The van der Waals surface area contributed by atoms with E-state index in [-0.39, 0.29) is 17.5 Å². The number of phenolic OH excluding ortho intramolecular Hbond substituents is 2. The minimum absolute atomic E-state index is 0.00657. The monoisotopic (exact) mass is 364 g/mol. The zero-order valence-electron chi connectivity index (χ0n) is 13.7. The first-order valence-electron chi connectivity index (χ1n) is 8.38. The van der Waals surface area contributed by atoms with Crippen molar-refractivity contribution in [3.63, 3.8) is 0 Å². The fraction of sp³-hybridized carbons (Fsp3) is 0.150. The number of rotatable bonds is 2. The van der Waals surface area contributed by atoms with Crippen molar-refractivity contribution in [3.8, 4) is 17.2 Å². The number of thiophene rings is 1. The Kier molecular flexibility index (Phi) is 3.39. The predicted molar refractivity (Wildman–Crippen MR) is 99.6 cm³/mol. The van der Waals surface area contributed by atoms with Gasteiger partial charge in [0.05, 0.1) is 22.2 Å². The van der Waals surface area contributed by atoms with Crippen molar-refractivity contribution in [1.29, 1.82) is 0 Å². The molecule has 0 radical (unpaired) electrons. The van der Waals surface area contributed by atoms with Crippen LogP contribution in [0.1, 0.15) is 34.7 Å². The maximum absolute atomic E-state index is 10.3. The summed E-state index contributed by atoms with van der Waals surface area (Å²) in [6, 6.07) is 16.7. The Balaban J connectivity index is 1.63. The Hall–Kier alpha value is -2.99. The van der Waals surface area contributed by atoms with E-state index in [2.05, 4.69) is 12.1 Å². The van der Waals surface area contributed by atoms with Gasteiger partial charge in [0.2, 0.25) is 6.23 Å². The molecule has 6 heteroatoms. The molecule has 0 spiro atoms. The number of hydrazone groups is 1. The molecule has 2 aliphatic heterocycles. The summed E-state index contributed by atoms with van der Waals surface area (Å²) in [6.45, 7) is 0. The second-order valence-electron chi connectivity index (χ2n) is 6.38. The van der Waals surface area contributed by atoms with E-state index in [0.717, 1.165) is 28.3 Å². The van der Waals surface area contributed by atoms with Gasteiger partial charge in [-0.3, -0.25) is 0 Å². The lowest BCUT2D eigenvalue weighted by atomic mass is 9.97. The highest BCUT2D eigenvalue weighted by atomic mass is 32.1. The highest BCUT2D eigenvalue weighted by Gasteiger charge is 2.41. The number of benzene rings is 2. The summed E-state index contributed by atoms with van der Waals surface area (Å²) in [5, 5.41) is 28.8. The summed E-state index contributed by atoms with van der Waals surface area (Å²) in [5.74, 6) is 0.810. The third-order valence-electron chi connectivity index (χ3n) is 4.78. The van der Waals surface area contributed by atoms with Crippen LogP contribution in [0.3, 0.4) is 0 Å². The van der Waals surface area contributed by atoms with Gasteiger partial charge in [-0.15, -0.1) is 11.3 Å². The quantitative estimate of drug-likeness (QED) is 0.707. The Morgan fingerprint density at radius 1 is 1.04 bits per heavy atom. The van der Waals surface area contributed by atoms with Crippen molar-refractivity contribution in [2.45, 2.75) is 18.7 Å². The van der Waals surface area contributed by atoms with Crippen LogP contribution in [-0.2, 0) is 0 Å². The molecule has 0 amide bonds. The van der Waals surface area contributed by atoms with Crippen LogP contribution in [0.25, 0.3) is 0 Å². The molecule has 0 unspecified atom stereocenters. The van der Waals surface area contributed by atoms with Gasteiger partial charge in [0.15, 0.2) is 0 Å². The molecular formula is C20H16N2O3S. The van der Waals surface area contributed by atoms with Gasteiger partial charge in [0.25, 0.3) is 0 Å². The second-order valence-corrected chi connectivity index (χ2v) is 7.32. The molecule has 5 nitrogen and oxygen atoms in total. The molecule has 2 N–H and O–H groups in total. The lowest BCUT2D eigenvalue weighted by Gasteiger charge is -2.38. The Morgan fingerprint density at radius 2 is 1.92 bits per heavy atom. The highest BCUT2D eigenvalue weighted by molar-refractivity contribution is 7.12. The SMILES string of the molecule is Oc1ccc([C@H]2Oc3ccccc3[C@H]3CC(c4cccs4)=NN32)c(O)c1. The minimum atomic E-state index is -0.548. The van der Waals surface area contributed by atoms with Crippen LogP contribution in [-0.4, -0.2) is 20.9 Å². The molecule has 0 aliphatic carbocycles. The van der Waals surface area contributed by atoms with E-state index in [9.17, 15) is 10.2 Å². The van der Waals surface area contributed by atoms with Crippen LogP contribution in [0, 0.1) is 0 Å². The average molecular weight is 364 g/mol. The Labute approximate surface area is 154 Å². The van der Waals surface area contributed by atoms with Crippen LogP contribution >= 0.6 is 11.3 Å². The summed E-state index contributed by atoms with van der Waals surface area (Å²) in [5.41, 5.74) is 2.70. The normalized spacial score (nSPS) is 20.9. The number of nitrogens with zero attached hydrogens (tertiary/aromatic N) is 2. The van der Waals surface area contributed by atoms with Gasteiger partial charge >= 0.3 is 0 Å². The summed E-state index contributed by atoms with van der Waals surface area (Å²) in [7, 11) is 0. The molecule has 0 bridgehead atoms. The van der Waals surface area contributed by atoms with Gasteiger partial charge in [-0.05, 0) is 29.6 Å². The average Bonchev–Trinajstić information content (AvgIpc) is 3.31. The summed E-state index contributed by atoms with van der Waals surface area (Å²) < 4.78 is 6.20. The van der Waals surface area contributed by atoms with E-state index in [1.807, 2.05) is 34.7 Å². The van der Waals surface area contributed by atoms with Crippen LogP contribution in [0.5, 0.6) is 17.2 Å². The molecule has 2 aliphatic rings. The second kappa shape index (κ2) is 5.78. The van der Waals surface area contributed by atoms with Crippen molar-refractivity contribution in [3.05, 3.63) is 76.0 Å². The zero-order chi connectivity index (χ0) is 17.7. The topological polar surface area (TPSA) is 65.3 Å². The number of phenols is 2. The molecule has 0 saturated heterocycles. The molecular weight excluding hydrogens is 348 g/mol. The van der Waals surface area contributed by atoms with Gasteiger partial charge in [-0.1, -0.05) is 24.3 Å². The fourth-order valence-corrected chi connectivity index (χ4v) is 4.29. The molecule has 0 saturated carbocycles. The Bertz CT molecular complexity index is 1000. The summed E-state index contributed by atoms with van der Waals surface area (Å²) in [4.78, 5) is 1.14. The lowest BCUT2D eigenvalue weighted by molar-refractivity contribution is -0.0203. The zero-order valence-corrected chi connectivity index (χ0v) is 14.6. The van der Waals surface area contributed by atoms with Crippen LogP contribution in [0.4, 0.5) is 0 Å². The van der Waals surface area contributed by atoms with E-state index in [1.54, 1.807) is 23.5 Å². The first kappa shape index (κ1) is 15.3. The van der Waals surface area contributed by atoms with Crippen LogP contribution in [0.15, 0.2) is 65.1 Å². The van der Waals surface area contributed by atoms with Gasteiger partial charge < -0.3 is 14.9 Å². The smallest absolute Gasteiger partial charge is 0.217 e. The van der Waals surface area contributed by atoms with Gasteiger partial charge in [-0.2, -0.15) is 5.10 Å². The molecule has 1 aromatic heterocycles. The van der Waals surface area contributed by atoms with Gasteiger partial charge in [-0.25, -0.2) is 5.01 Å². The maximum Gasteiger partial charge on any atom is 0.217 e. The van der Waals surface area contributed by atoms with Gasteiger partial charge in [0, 0.05) is 18.1 Å². The number of ether oxygens (including phenoxy) is 1. The summed E-state index contributed by atoms with van der Waals surface area (Å²) >= 11 is 1.67. The number of fused-ring (bicyclic) bond motifs is 3. The highest BCUT2D eigenvalue weighted by Crippen LogP contribution is 2.49. The molecule has 3 aromatic rings. The number of hydrogen-bond donors (Lipinski definition) is 2. The van der Waals surface area contributed by atoms with Crippen molar-refractivity contribution >= 4 is 17.0 Å². The summed E-state index contributed by atoms with van der Waals surface area (Å²) in [6.07, 6.45) is 0.240. The molecule has 26 heavy (non-hydrogen) atoms. The van der Waals surface area contributed by atoms with Gasteiger partial charge in [0.1, 0.15) is 17.2 Å². The van der Waals surface area contributed by atoms with E-state index in [4.69, 9.17) is 9.84 Å². The standard InChI is InChI=1S/C20H16N2O3S/c23-12-7-8-14(17(24)10-12)20-22-16(13-4-1-2-5-18(13)25-20)11-15(21-22)19-6-3-9-26-19/h1-10,16,20,23-24H,11H2/t16-,20-/m1/s1. The maximum atomic E-state index is 10.3. The molecule has 2 aromatic carbocycles. The number of hydrogen-bond acceptors (Lipinski definition) is 6. The Morgan fingerprint density at radius 3 is 2.73 bits per heavy atom. The first-order valence-corrected chi connectivity index (χ1v) is 9.26. The van der Waals surface area contributed by atoms with E-state index < -0.39 is 6.23 Å². The third kappa shape index (κ3) is 2.34. The third-order valence-corrected chi connectivity index (χ3v) is 5.70. The largest absolute Gasteiger partial charge is 0.508 e. The number of para-hydroxylation sites is 1.